The number of aliphatic hydroxyl groups excluding tert-OH is 5. The summed E-state index contributed by atoms with van der Waals surface area (Å²) in [5.41, 5.74) is 0. The van der Waals surface area contributed by atoms with Gasteiger partial charge < -0.3 is 40.3 Å². The highest BCUT2D eigenvalue weighted by Gasteiger charge is 2.44. The van der Waals surface area contributed by atoms with Crippen LogP contribution in [0.5, 0.6) is 0 Å². The van der Waals surface area contributed by atoms with Gasteiger partial charge in [0.15, 0.2) is 6.29 Å². The predicted octanol–water partition coefficient (Wildman–Crippen LogP) is 12.8. The lowest BCUT2D eigenvalue weighted by molar-refractivity contribution is -0.302. The van der Waals surface area contributed by atoms with E-state index >= 15 is 0 Å². The summed E-state index contributed by atoms with van der Waals surface area (Å²) in [6.07, 6.45) is 63.9. The van der Waals surface area contributed by atoms with E-state index in [9.17, 15) is 30.3 Å². The molecule has 9 heteroatoms. The molecule has 0 aliphatic carbocycles. The van der Waals surface area contributed by atoms with Crippen molar-refractivity contribution in [1.29, 1.82) is 0 Å². The van der Waals surface area contributed by atoms with Crippen LogP contribution in [0.2, 0.25) is 0 Å². The number of amides is 1. The highest BCUT2D eigenvalue weighted by Crippen LogP contribution is 2.23. The summed E-state index contributed by atoms with van der Waals surface area (Å²) in [5, 5.41) is 54.2. The highest BCUT2D eigenvalue weighted by molar-refractivity contribution is 5.76. The lowest BCUT2D eigenvalue weighted by atomic mass is 9.99. The van der Waals surface area contributed by atoms with E-state index in [0.717, 1.165) is 128 Å². The quantitative estimate of drug-likeness (QED) is 0.0261. The number of carbonyl (C=O) groups excluding carboxylic acids is 1. The van der Waals surface area contributed by atoms with E-state index in [4.69, 9.17) is 9.47 Å². The van der Waals surface area contributed by atoms with Gasteiger partial charge >= 0.3 is 0 Å². The molecule has 9 nitrogen and oxygen atoms in total. The van der Waals surface area contributed by atoms with Crippen molar-refractivity contribution in [2.45, 2.75) is 230 Å². The van der Waals surface area contributed by atoms with Crippen LogP contribution < -0.4 is 5.32 Å². The summed E-state index contributed by atoms with van der Waals surface area (Å²) in [5.74, 6) is -0.168. The summed E-state index contributed by atoms with van der Waals surface area (Å²) in [7, 11) is 0. The fourth-order valence-corrected chi connectivity index (χ4v) is 7.60. The number of hydrogen-bond acceptors (Lipinski definition) is 8. The van der Waals surface area contributed by atoms with Crippen LogP contribution in [0, 0.1) is 0 Å². The molecule has 0 spiro atoms. The smallest absolute Gasteiger partial charge is 0.220 e. The van der Waals surface area contributed by atoms with Gasteiger partial charge in [0.1, 0.15) is 24.4 Å². The van der Waals surface area contributed by atoms with Crippen LogP contribution in [-0.2, 0) is 14.3 Å². The van der Waals surface area contributed by atoms with Gasteiger partial charge in [0.25, 0.3) is 0 Å². The first kappa shape index (κ1) is 62.6. The second-order valence-corrected chi connectivity index (χ2v) is 17.9. The summed E-state index contributed by atoms with van der Waals surface area (Å²) >= 11 is 0. The Balaban J connectivity index is 2.15. The minimum atomic E-state index is -1.56. The number of hydrogen-bond donors (Lipinski definition) is 6. The van der Waals surface area contributed by atoms with Crippen molar-refractivity contribution in [3.05, 3.63) is 122 Å². The van der Waals surface area contributed by atoms with Crippen LogP contribution in [0.4, 0.5) is 0 Å². The van der Waals surface area contributed by atoms with Gasteiger partial charge in [-0.1, -0.05) is 212 Å². The maximum Gasteiger partial charge on any atom is 0.220 e. The summed E-state index contributed by atoms with van der Waals surface area (Å²) < 4.78 is 11.2. The molecule has 6 N–H and O–H groups in total. The molecular weight excluding hydrogens is 851 g/mol. The van der Waals surface area contributed by atoms with Crippen LogP contribution in [0.3, 0.4) is 0 Å². The Morgan fingerprint density at radius 3 is 1.35 bits per heavy atom. The molecular formula is C59H97NO8. The number of aliphatic hydroxyl groups is 5. The second kappa shape index (κ2) is 47.3. The van der Waals surface area contributed by atoms with Crippen molar-refractivity contribution in [1.82, 2.24) is 5.32 Å². The van der Waals surface area contributed by atoms with Crippen LogP contribution in [-0.4, -0.2) is 87.5 Å². The molecule has 68 heavy (non-hydrogen) atoms. The molecule has 0 aromatic carbocycles. The van der Waals surface area contributed by atoms with E-state index in [-0.39, 0.29) is 12.5 Å². The van der Waals surface area contributed by atoms with E-state index in [1.165, 1.54) is 32.1 Å². The van der Waals surface area contributed by atoms with Gasteiger partial charge in [0, 0.05) is 6.42 Å². The molecule has 1 amide bonds. The van der Waals surface area contributed by atoms with Gasteiger partial charge in [-0.25, -0.2) is 0 Å². The highest BCUT2D eigenvalue weighted by atomic mass is 16.7. The Labute approximate surface area is 414 Å². The van der Waals surface area contributed by atoms with Gasteiger partial charge in [-0.2, -0.15) is 0 Å². The number of allylic oxidation sites excluding steroid dienone is 20. The third kappa shape index (κ3) is 36.6. The number of rotatable bonds is 43. The maximum absolute atomic E-state index is 13.0. The summed E-state index contributed by atoms with van der Waals surface area (Å²) in [6, 6.07) is -0.733. The lowest BCUT2D eigenvalue weighted by Gasteiger charge is -2.40. The molecule has 0 radical (unpaired) electrons. The number of ether oxygens (including phenoxy) is 2. The topological polar surface area (TPSA) is 149 Å². The zero-order valence-electron chi connectivity index (χ0n) is 42.6. The normalized spacial score (nSPS) is 20.6. The average Bonchev–Trinajstić information content (AvgIpc) is 3.34. The first-order valence-corrected chi connectivity index (χ1v) is 26.7. The minimum Gasteiger partial charge on any atom is -0.394 e. The van der Waals surface area contributed by atoms with Crippen molar-refractivity contribution in [2.75, 3.05) is 13.2 Å². The standard InChI is InChI=1S/C59H97NO8/c1-3-5-7-9-11-13-14-15-16-17-18-19-20-21-22-23-24-25-26-27-28-29-30-31-32-33-34-35-36-37-38-39-40-41-43-45-47-49-55(63)60-52(53(62)48-46-44-42-12-10-8-6-4-2)51-67-59-58(66)57(65)56(64)54(50-61)68-59/h5,7,11,13,15-16,18-19,21-22,24-25,27-28,30-31,33-34,36-37,52-54,56-59,61-62,64-66H,3-4,6,8-10,12,14,17,20,23,26,29,32,35,38-51H2,1-2H3,(H,60,63)/b7-5-,13-11-,16-15-,19-18-,22-21-,25-24-,28-27-,31-30-,34-33-,37-36-. The fourth-order valence-electron chi connectivity index (χ4n) is 7.60. The molecule has 0 saturated carbocycles. The van der Waals surface area contributed by atoms with Gasteiger partial charge in [0.2, 0.25) is 5.91 Å². The van der Waals surface area contributed by atoms with Crippen molar-refractivity contribution in [3.63, 3.8) is 0 Å². The molecule has 7 unspecified atom stereocenters. The van der Waals surface area contributed by atoms with Crippen molar-refractivity contribution in [3.8, 4) is 0 Å². The van der Waals surface area contributed by atoms with Crippen LogP contribution in [0.25, 0.3) is 0 Å². The molecule has 1 fully saturated rings. The molecule has 0 bridgehead atoms. The zero-order valence-corrected chi connectivity index (χ0v) is 42.6. The van der Waals surface area contributed by atoms with Crippen LogP contribution >= 0.6 is 0 Å². The average molecular weight is 948 g/mol. The Kier molecular flexibility index (Phi) is 43.5. The Bertz CT molecular complexity index is 1470. The Hall–Kier alpha value is -3.41. The Morgan fingerprint density at radius 1 is 0.515 bits per heavy atom. The molecule has 1 rings (SSSR count). The second-order valence-electron chi connectivity index (χ2n) is 17.9. The first-order valence-electron chi connectivity index (χ1n) is 26.7. The van der Waals surface area contributed by atoms with Crippen LogP contribution in [0.15, 0.2) is 122 Å². The number of unbranched alkanes of at least 4 members (excludes halogenated alkanes) is 13. The molecule has 1 saturated heterocycles. The van der Waals surface area contributed by atoms with E-state index in [1.54, 1.807) is 0 Å². The molecule has 1 heterocycles. The molecule has 1 aliphatic heterocycles. The zero-order chi connectivity index (χ0) is 49.4. The van der Waals surface area contributed by atoms with Gasteiger partial charge in [-0.3, -0.25) is 4.79 Å². The predicted molar refractivity (Wildman–Crippen MR) is 285 cm³/mol. The lowest BCUT2D eigenvalue weighted by Crippen LogP contribution is -2.60. The van der Waals surface area contributed by atoms with Gasteiger partial charge in [0.05, 0.1) is 25.4 Å². The van der Waals surface area contributed by atoms with Crippen molar-refractivity contribution < 1.29 is 39.8 Å². The number of carbonyl (C=O) groups is 1. The number of nitrogens with one attached hydrogen (secondary N) is 1. The van der Waals surface area contributed by atoms with E-state index in [1.807, 2.05) is 0 Å². The SMILES string of the molecule is CC/C=C\C/C=C\C/C=C\C/C=C\C/C=C\C/C=C\C/C=C\C/C=C\C/C=C\C/C=C\CCCCCCCCC(=O)NC(COC1OC(CO)C(O)C(O)C1O)C(O)CCCCCCCCCC. The van der Waals surface area contributed by atoms with Gasteiger partial charge in [-0.15, -0.1) is 0 Å². The fraction of sp³-hybridized carbons (Fsp3) is 0.644. The van der Waals surface area contributed by atoms with E-state index < -0.39 is 49.5 Å². The third-order valence-electron chi connectivity index (χ3n) is 11.8. The molecule has 0 aromatic rings. The first-order chi connectivity index (χ1) is 33.3. The molecule has 7 atom stereocenters. The largest absolute Gasteiger partial charge is 0.394 e. The molecule has 386 valence electrons. The monoisotopic (exact) mass is 948 g/mol. The Morgan fingerprint density at radius 2 is 0.912 bits per heavy atom. The van der Waals surface area contributed by atoms with Crippen molar-refractivity contribution >= 4 is 5.91 Å². The maximum atomic E-state index is 13.0. The van der Waals surface area contributed by atoms with Crippen LogP contribution in [0.1, 0.15) is 187 Å². The third-order valence-corrected chi connectivity index (χ3v) is 11.8. The molecule has 1 aliphatic rings. The summed E-state index contributed by atoms with van der Waals surface area (Å²) in [6.45, 7) is 3.65. The van der Waals surface area contributed by atoms with E-state index in [2.05, 4.69) is 141 Å². The molecule has 0 aromatic heterocycles. The summed E-state index contributed by atoms with van der Waals surface area (Å²) in [4.78, 5) is 13.0. The van der Waals surface area contributed by atoms with Gasteiger partial charge in [-0.05, 0) is 89.9 Å². The minimum absolute atomic E-state index is 0.152. The van der Waals surface area contributed by atoms with Crippen molar-refractivity contribution in [2.24, 2.45) is 0 Å². The van der Waals surface area contributed by atoms with E-state index in [0.29, 0.717) is 12.8 Å².